The van der Waals surface area contributed by atoms with Crippen LogP contribution in [0.3, 0.4) is 0 Å². The molecule has 2 aromatic carbocycles. The zero-order valence-electron chi connectivity index (χ0n) is 13.2. The van der Waals surface area contributed by atoms with Gasteiger partial charge in [-0.15, -0.1) is 0 Å². The Morgan fingerprint density at radius 2 is 1.62 bits per heavy atom. The SMILES string of the molecule is Cc1ccc2c(c1)[C@H](N)CC(c1cc(C)c(C)cc1C)O2. The normalized spacial score (nSPS) is 20.8. The molecule has 0 amide bonds. The van der Waals surface area contributed by atoms with Gasteiger partial charge in [0, 0.05) is 18.0 Å². The summed E-state index contributed by atoms with van der Waals surface area (Å²) in [6.07, 6.45) is 0.884. The number of nitrogens with two attached hydrogens (primary N) is 1. The van der Waals surface area contributed by atoms with Crippen LogP contribution in [-0.2, 0) is 0 Å². The maximum atomic E-state index is 6.38. The van der Waals surface area contributed by atoms with Gasteiger partial charge in [0.25, 0.3) is 0 Å². The van der Waals surface area contributed by atoms with Gasteiger partial charge in [-0.25, -0.2) is 0 Å². The highest BCUT2D eigenvalue weighted by molar-refractivity contribution is 5.44. The number of ether oxygens (including phenoxy) is 1. The topological polar surface area (TPSA) is 35.2 Å². The second-order valence-corrected chi connectivity index (χ2v) is 6.28. The Hall–Kier alpha value is -1.80. The van der Waals surface area contributed by atoms with Crippen molar-refractivity contribution in [3.05, 3.63) is 63.7 Å². The highest BCUT2D eigenvalue weighted by atomic mass is 16.5. The predicted octanol–water partition coefficient (Wildman–Crippen LogP) is 4.44. The zero-order valence-corrected chi connectivity index (χ0v) is 13.2. The molecule has 0 radical (unpaired) electrons. The summed E-state index contributed by atoms with van der Waals surface area (Å²) in [6, 6.07) is 10.8. The largest absolute Gasteiger partial charge is 0.485 e. The van der Waals surface area contributed by atoms with Gasteiger partial charge in [0.1, 0.15) is 11.9 Å². The highest BCUT2D eigenvalue weighted by Gasteiger charge is 2.28. The Labute approximate surface area is 126 Å². The number of aryl methyl sites for hydroxylation is 4. The minimum atomic E-state index is 0.0414. The molecule has 0 saturated heterocycles. The van der Waals surface area contributed by atoms with Gasteiger partial charge >= 0.3 is 0 Å². The standard InChI is InChI=1S/C19H23NO/c1-11-5-6-18-16(7-11)17(20)10-19(21-18)15-9-13(3)12(2)8-14(15)4/h5-9,17,19H,10,20H2,1-4H3/t17-,19?/m1/s1. The summed E-state index contributed by atoms with van der Waals surface area (Å²) in [7, 11) is 0. The Morgan fingerprint density at radius 3 is 2.38 bits per heavy atom. The molecule has 2 atom stereocenters. The minimum Gasteiger partial charge on any atom is -0.485 e. The van der Waals surface area contributed by atoms with Crippen LogP contribution in [0.4, 0.5) is 0 Å². The van der Waals surface area contributed by atoms with Crippen molar-refractivity contribution in [2.75, 3.05) is 0 Å². The summed E-state index contributed by atoms with van der Waals surface area (Å²) in [4.78, 5) is 0. The molecule has 0 spiro atoms. The number of hydrogen-bond donors (Lipinski definition) is 1. The quantitative estimate of drug-likeness (QED) is 0.838. The fraction of sp³-hybridized carbons (Fsp3) is 0.368. The molecule has 2 nitrogen and oxygen atoms in total. The van der Waals surface area contributed by atoms with Gasteiger partial charge in [-0.05, 0) is 56.0 Å². The van der Waals surface area contributed by atoms with Crippen LogP contribution in [0, 0.1) is 27.7 Å². The van der Waals surface area contributed by atoms with Crippen molar-refractivity contribution in [3.63, 3.8) is 0 Å². The first-order chi connectivity index (χ1) is 9.95. The Bertz CT molecular complexity index is 690. The van der Waals surface area contributed by atoms with Crippen molar-refractivity contribution in [2.24, 2.45) is 5.73 Å². The second-order valence-electron chi connectivity index (χ2n) is 6.28. The number of hydrogen-bond acceptors (Lipinski definition) is 2. The maximum Gasteiger partial charge on any atom is 0.126 e. The van der Waals surface area contributed by atoms with Crippen LogP contribution < -0.4 is 10.5 Å². The Kier molecular flexibility index (Phi) is 3.50. The van der Waals surface area contributed by atoms with E-state index in [0.29, 0.717) is 0 Å². The Morgan fingerprint density at radius 1 is 0.905 bits per heavy atom. The van der Waals surface area contributed by atoms with Crippen molar-refractivity contribution in [3.8, 4) is 5.75 Å². The third kappa shape index (κ3) is 2.56. The van der Waals surface area contributed by atoms with Gasteiger partial charge in [-0.2, -0.15) is 0 Å². The minimum absolute atomic E-state index is 0.0414. The van der Waals surface area contributed by atoms with Crippen LogP contribution in [0.25, 0.3) is 0 Å². The molecule has 0 aliphatic carbocycles. The van der Waals surface area contributed by atoms with Crippen molar-refractivity contribution < 1.29 is 4.74 Å². The lowest BCUT2D eigenvalue weighted by Gasteiger charge is -2.32. The molecule has 1 aliphatic rings. The van der Waals surface area contributed by atoms with Crippen LogP contribution >= 0.6 is 0 Å². The first-order valence-corrected chi connectivity index (χ1v) is 7.56. The van der Waals surface area contributed by atoms with Gasteiger partial charge in [0.05, 0.1) is 0 Å². The van der Waals surface area contributed by atoms with E-state index in [0.717, 1.165) is 17.7 Å². The number of benzene rings is 2. The molecule has 0 saturated carbocycles. The van der Waals surface area contributed by atoms with Crippen LogP contribution in [0.2, 0.25) is 0 Å². The molecule has 110 valence electrons. The molecule has 2 aromatic rings. The third-order valence-electron chi connectivity index (χ3n) is 4.53. The van der Waals surface area contributed by atoms with Crippen molar-refractivity contribution in [2.45, 2.75) is 46.3 Å². The van der Waals surface area contributed by atoms with Gasteiger partial charge in [-0.1, -0.05) is 29.8 Å². The van der Waals surface area contributed by atoms with Crippen LogP contribution in [0.5, 0.6) is 5.75 Å². The molecule has 0 bridgehead atoms. The average molecular weight is 281 g/mol. The van der Waals surface area contributed by atoms with Crippen molar-refractivity contribution >= 4 is 0 Å². The van der Waals surface area contributed by atoms with Gasteiger partial charge in [0.15, 0.2) is 0 Å². The molecule has 1 heterocycles. The van der Waals surface area contributed by atoms with Crippen LogP contribution in [-0.4, -0.2) is 0 Å². The molecule has 2 heteroatoms. The molecule has 0 aromatic heterocycles. The smallest absolute Gasteiger partial charge is 0.126 e. The van der Waals surface area contributed by atoms with Crippen molar-refractivity contribution in [1.82, 2.24) is 0 Å². The lowest BCUT2D eigenvalue weighted by molar-refractivity contribution is 0.161. The van der Waals surface area contributed by atoms with Crippen LogP contribution in [0.1, 0.15) is 51.9 Å². The molecule has 3 rings (SSSR count). The molecular weight excluding hydrogens is 258 g/mol. The fourth-order valence-electron chi connectivity index (χ4n) is 3.14. The summed E-state index contributed by atoms with van der Waals surface area (Å²) >= 11 is 0. The maximum absolute atomic E-state index is 6.38. The Balaban J connectivity index is 1.99. The monoisotopic (exact) mass is 281 g/mol. The first kappa shape index (κ1) is 14.2. The van der Waals surface area contributed by atoms with E-state index in [2.05, 4.69) is 52.0 Å². The lowest BCUT2D eigenvalue weighted by atomic mass is 9.89. The molecule has 2 N–H and O–H groups in total. The second kappa shape index (κ2) is 5.19. The predicted molar refractivity (Wildman–Crippen MR) is 86.7 cm³/mol. The zero-order chi connectivity index (χ0) is 15.1. The summed E-state index contributed by atoms with van der Waals surface area (Å²) < 4.78 is 6.24. The van der Waals surface area contributed by atoms with E-state index >= 15 is 0 Å². The number of fused-ring (bicyclic) bond motifs is 1. The van der Waals surface area contributed by atoms with E-state index in [1.165, 1.54) is 27.8 Å². The van der Waals surface area contributed by atoms with E-state index in [9.17, 15) is 0 Å². The summed E-state index contributed by atoms with van der Waals surface area (Å²) in [5.74, 6) is 0.932. The molecule has 0 fully saturated rings. The third-order valence-corrected chi connectivity index (χ3v) is 4.53. The fourth-order valence-corrected chi connectivity index (χ4v) is 3.14. The number of rotatable bonds is 1. The average Bonchev–Trinajstić information content (AvgIpc) is 2.43. The summed E-state index contributed by atoms with van der Waals surface area (Å²) in [5, 5.41) is 0. The molecule has 1 aliphatic heterocycles. The molecular formula is C19H23NO. The van der Waals surface area contributed by atoms with Crippen LogP contribution in [0.15, 0.2) is 30.3 Å². The van der Waals surface area contributed by atoms with E-state index in [1.807, 2.05) is 6.07 Å². The molecule has 21 heavy (non-hydrogen) atoms. The van der Waals surface area contributed by atoms with Gasteiger partial charge in [-0.3, -0.25) is 0 Å². The van der Waals surface area contributed by atoms with E-state index in [-0.39, 0.29) is 12.1 Å². The van der Waals surface area contributed by atoms with E-state index in [4.69, 9.17) is 10.5 Å². The van der Waals surface area contributed by atoms with E-state index < -0.39 is 0 Å². The van der Waals surface area contributed by atoms with Gasteiger partial charge < -0.3 is 10.5 Å². The lowest BCUT2D eigenvalue weighted by Crippen LogP contribution is -2.24. The van der Waals surface area contributed by atoms with Gasteiger partial charge in [0.2, 0.25) is 0 Å². The summed E-state index contributed by atoms with van der Waals surface area (Å²) in [6.45, 7) is 8.55. The van der Waals surface area contributed by atoms with E-state index in [1.54, 1.807) is 0 Å². The summed E-state index contributed by atoms with van der Waals surface area (Å²) in [5.41, 5.74) is 13.9. The molecule has 1 unspecified atom stereocenters. The highest BCUT2D eigenvalue weighted by Crippen LogP contribution is 2.41. The first-order valence-electron chi connectivity index (χ1n) is 7.56. The van der Waals surface area contributed by atoms with Crippen molar-refractivity contribution in [1.29, 1.82) is 0 Å².